The van der Waals surface area contributed by atoms with E-state index in [0.29, 0.717) is 19.2 Å². The second-order valence-electron chi connectivity index (χ2n) is 6.52. The molecule has 2 aromatic rings. The minimum Gasteiger partial charge on any atom is -0.474 e. The normalized spacial score (nSPS) is 14.7. The zero-order valence-electron chi connectivity index (χ0n) is 16.1. The lowest BCUT2D eigenvalue weighted by atomic mass is 10.2. The maximum absolute atomic E-state index is 6.10. The summed E-state index contributed by atoms with van der Waals surface area (Å²) < 4.78 is 6.10. The molecule has 1 aliphatic rings. The van der Waals surface area contributed by atoms with Crippen LogP contribution in [0.4, 0.5) is 0 Å². The van der Waals surface area contributed by atoms with Gasteiger partial charge in [0, 0.05) is 30.2 Å². The Bertz CT molecular complexity index is 739. The van der Waals surface area contributed by atoms with Gasteiger partial charge in [-0.3, -0.25) is 4.99 Å². The van der Waals surface area contributed by atoms with Crippen molar-refractivity contribution in [1.82, 2.24) is 20.6 Å². The number of ether oxygens (including phenoxy) is 1. The molecule has 0 radical (unpaired) electrons. The van der Waals surface area contributed by atoms with Gasteiger partial charge in [-0.05, 0) is 45.6 Å². The highest BCUT2D eigenvalue weighted by Crippen LogP contribution is 2.24. The topological polar surface area (TPSA) is 71.4 Å². The molecule has 1 saturated carbocycles. The summed E-state index contributed by atoms with van der Waals surface area (Å²) in [6, 6.07) is 3.99. The van der Waals surface area contributed by atoms with Gasteiger partial charge in [0.1, 0.15) is 11.1 Å². The van der Waals surface area contributed by atoms with Crippen LogP contribution in [0.3, 0.4) is 0 Å². The molecule has 0 bridgehead atoms. The van der Waals surface area contributed by atoms with Crippen molar-refractivity contribution in [2.75, 3.05) is 7.05 Å². The summed E-state index contributed by atoms with van der Waals surface area (Å²) in [5, 5.41) is 7.72. The first-order chi connectivity index (χ1) is 12.7. The molecule has 2 aromatic heterocycles. The van der Waals surface area contributed by atoms with Crippen LogP contribution >= 0.6 is 35.3 Å². The van der Waals surface area contributed by atoms with Crippen molar-refractivity contribution in [3.05, 3.63) is 39.5 Å². The van der Waals surface area contributed by atoms with Crippen molar-refractivity contribution in [3.63, 3.8) is 0 Å². The molecule has 0 spiro atoms. The molecular formula is C19H28IN5OS. The van der Waals surface area contributed by atoms with Crippen molar-refractivity contribution in [2.24, 2.45) is 4.99 Å². The number of aromatic nitrogens is 2. The summed E-state index contributed by atoms with van der Waals surface area (Å²) in [4.78, 5) is 14.5. The predicted octanol–water partition coefficient (Wildman–Crippen LogP) is 3.96. The van der Waals surface area contributed by atoms with E-state index < -0.39 is 0 Å². The van der Waals surface area contributed by atoms with E-state index >= 15 is 0 Å². The Labute approximate surface area is 182 Å². The van der Waals surface area contributed by atoms with Gasteiger partial charge in [-0.15, -0.1) is 35.3 Å². The van der Waals surface area contributed by atoms with Crippen molar-refractivity contribution in [2.45, 2.75) is 58.7 Å². The monoisotopic (exact) mass is 501 g/mol. The average molecular weight is 501 g/mol. The van der Waals surface area contributed by atoms with Gasteiger partial charge < -0.3 is 15.4 Å². The summed E-state index contributed by atoms with van der Waals surface area (Å²) in [5.74, 6) is 1.47. The number of rotatable bonds is 6. The van der Waals surface area contributed by atoms with Crippen LogP contribution in [0.25, 0.3) is 0 Å². The van der Waals surface area contributed by atoms with Gasteiger partial charge in [0.2, 0.25) is 5.88 Å². The Morgan fingerprint density at radius 2 is 2.00 bits per heavy atom. The summed E-state index contributed by atoms with van der Waals surface area (Å²) in [6.07, 6.45) is 6.83. The second kappa shape index (κ2) is 10.8. The maximum Gasteiger partial charge on any atom is 0.218 e. The molecule has 6 nitrogen and oxygen atoms in total. The van der Waals surface area contributed by atoms with Gasteiger partial charge in [0.15, 0.2) is 5.96 Å². The quantitative estimate of drug-likeness (QED) is 0.356. The van der Waals surface area contributed by atoms with Crippen LogP contribution in [0.5, 0.6) is 5.88 Å². The molecule has 2 N–H and O–H groups in total. The molecule has 0 aliphatic heterocycles. The molecule has 1 fully saturated rings. The Hall–Kier alpha value is -1.42. The first-order valence-corrected chi connectivity index (χ1v) is 9.95. The van der Waals surface area contributed by atoms with E-state index in [4.69, 9.17) is 4.74 Å². The molecule has 0 amide bonds. The first kappa shape index (κ1) is 21.9. The number of hydrogen-bond donors (Lipinski definition) is 2. The number of guanidine groups is 1. The van der Waals surface area contributed by atoms with Crippen molar-refractivity contribution < 1.29 is 4.74 Å². The molecule has 8 heteroatoms. The number of aliphatic imine (C=N–C) groups is 1. The molecule has 0 saturated heterocycles. The molecular weight excluding hydrogens is 473 g/mol. The molecule has 27 heavy (non-hydrogen) atoms. The number of nitrogens with zero attached hydrogens (tertiary/aromatic N) is 3. The molecule has 2 heterocycles. The molecule has 1 aliphatic carbocycles. The van der Waals surface area contributed by atoms with Gasteiger partial charge in [0.05, 0.1) is 12.2 Å². The number of pyridine rings is 1. The molecule has 0 aromatic carbocycles. The van der Waals surface area contributed by atoms with Gasteiger partial charge in [-0.1, -0.05) is 6.07 Å². The average Bonchev–Trinajstić information content (AvgIpc) is 3.26. The standard InChI is InChI=1S/C19H27N5OS.HI/c1-13-14(2)26-17(24-13)12-23-19(20-3)22-11-15-7-6-10-21-18(15)25-16-8-4-5-9-16;/h6-7,10,16H,4-5,8-9,11-12H2,1-3H3,(H2,20,22,23);1H. The van der Waals surface area contributed by atoms with Crippen LogP contribution in [-0.2, 0) is 13.1 Å². The summed E-state index contributed by atoms with van der Waals surface area (Å²) in [5.41, 5.74) is 2.14. The van der Waals surface area contributed by atoms with E-state index in [-0.39, 0.29) is 24.0 Å². The van der Waals surface area contributed by atoms with Gasteiger partial charge in [-0.25, -0.2) is 9.97 Å². The molecule has 148 valence electrons. The largest absolute Gasteiger partial charge is 0.474 e. The fraction of sp³-hybridized carbons (Fsp3) is 0.526. The van der Waals surface area contributed by atoms with Crippen LogP contribution in [0, 0.1) is 13.8 Å². The van der Waals surface area contributed by atoms with E-state index in [2.05, 4.69) is 32.5 Å². The smallest absolute Gasteiger partial charge is 0.218 e. The van der Waals surface area contributed by atoms with Gasteiger partial charge >= 0.3 is 0 Å². The SMILES string of the molecule is CN=C(NCc1nc(C)c(C)s1)NCc1cccnc1OC1CCCC1.I. The molecule has 3 rings (SSSR count). The number of hydrogen-bond acceptors (Lipinski definition) is 5. The van der Waals surface area contributed by atoms with E-state index in [9.17, 15) is 0 Å². The minimum atomic E-state index is 0. The van der Waals surface area contributed by atoms with E-state index in [1.54, 1.807) is 24.6 Å². The highest BCUT2D eigenvalue weighted by atomic mass is 127. The molecule has 0 unspecified atom stereocenters. The first-order valence-electron chi connectivity index (χ1n) is 9.13. The summed E-state index contributed by atoms with van der Waals surface area (Å²) in [7, 11) is 1.77. The summed E-state index contributed by atoms with van der Waals surface area (Å²) in [6.45, 7) is 5.41. The van der Waals surface area contributed by atoms with Crippen LogP contribution in [-0.4, -0.2) is 29.1 Å². The zero-order valence-corrected chi connectivity index (χ0v) is 19.3. The third-order valence-corrected chi connectivity index (χ3v) is 5.65. The Kier molecular flexibility index (Phi) is 8.75. The summed E-state index contributed by atoms with van der Waals surface area (Å²) >= 11 is 1.72. The van der Waals surface area contributed by atoms with Crippen molar-refractivity contribution in [3.8, 4) is 5.88 Å². The van der Waals surface area contributed by atoms with Gasteiger partial charge in [0.25, 0.3) is 0 Å². The number of halogens is 1. The highest BCUT2D eigenvalue weighted by molar-refractivity contribution is 14.0. The maximum atomic E-state index is 6.10. The van der Waals surface area contributed by atoms with Crippen LogP contribution in [0.15, 0.2) is 23.3 Å². The molecule has 0 atom stereocenters. The number of thiazole rings is 1. The van der Waals surface area contributed by atoms with E-state index in [0.717, 1.165) is 40.9 Å². The predicted molar refractivity (Wildman–Crippen MR) is 121 cm³/mol. The lowest BCUT2D eigenvalue weighted by molar-refractivity contribution is 0.199. The van der Waals surface area contributed by atoms with Crippen molar-refractivity contribution >= 4 is 41.3 Å². The Morgan fingerprint density at radius 1 is 1.26 bits per heavy atom. The van der Waals surface area contributed by atoms with E-state index in [1.165, 1.54) is 17.7 Å². The Morgan fingerprint density at radius 3 is 2.67 bits per heavy atom. The fourth-order valence-corrected chi connectivity index (χ4v) is 3.88. The lowest BCUT2D eigenvalue weighted by Gasteiger charge is -2.16. The van der Waals surface area contributed by atoms with Crippen molar-refractivity contribution in [1.29, 1.82) is 0 Å². The third-order valence-electron chi connectivity index (χ3n) is 4.58. The van der Waals surface area contributed by atoms with E-state index in [1.807, 2.05) is 19.1 Å². The minimum absolute atomic E-state index is 0. The Balaban J connectivity index is 0.00000261. The highest BCUT2D eigenvalue weighted by Gasteiger charge is 2.18. The van der Waals surface area contributed by atoms with Crippen LogP contribution in [0.2, 0.25) is 0 Å². The lowest BCUT2D eigenvalue weighted by Crippen LogP contribution is -2.36. The fourth-order valence-electron chi connectivity index (χ4n) is 3.00. The zero-order chi connectivity index (χ0) is 18.4. The van der Waals surface area contributed by atoms with Gasteiger partial charge in [-0.2, -0.15) is 0 Å². The van der Waals surface area contributed by atoms with Crippen LogP contribution in [0.1, 0.15) is 46.8 Å². The van der Waals surface area contributed by atoms with Crippen LogP contribution < -0.4 is 15.4 Å². The third kappa shape index (κ3) is 6.31. The number of aryl methyl sites for hydroxylation is 2. The second-order valence-corrected chi connectivity index (χ2v) is 7.81. The number of nitrogens with one attached hydrogen (secondary N) is 2.